The summed E-state index contributed by atoms with van der Waals surface area (Å²) in [7, 11) is 0. The second-order valence-corrected chi connectivity index (χ2v) is 25.6. The fourth-order valence-corrected chi connectivity index (χ4v) is 8.46. The molecule has 0 radical (unpaired) electrons. The van der Waals surface area contributed by atoms with Crippen molar-refractivity contribution in [3.05, 3.63) is 0 Å². The second-order valence-electron chi connectivity index (χ2n) is 25.6. The minimum absolute atomic E-state index is 0.00864. The zero-order valence-corrected chi connectivity index (χ0v) is 55.7. The molecule has 1 heterocycles. The van der Waals surface area contributed by atoms with E-state index in [1.165, 1.54) is 4.90 Å². The van der Waals surface area contributed by atoms with Gasteiger partial charge in [0.25, 0.3) is 0 Å². The van der Waals surface area contributed by atoms with E-state index in [0.717, 1.165) is 19.3 Å². The number of carbonyl (C=O) groups excluding carboxylic acids is 7. The van der Waals surface area contributed by atoms with Crippen molar-refractivity contribution in [2.24, 2.45) is 23.7 Å². The zero-order valence-electron chi connectivity index (χ0n) is 55.7. The van der Waals surface area contributed by atoms with E-state index in [2.05, 4.69) is 49.0 Å². The average Bonchev–Trinajstić information content (AvgIpc) is 3.53. The molecular weight excluding hydrogens is 1110 g/mol. The van der Waals surface area contributed by atoms with E-state index in [-0.39, 0.29) is 125 Å². The molecule has 86 heavy (non-hydrogen) atoms. The van der Waals surface area contributed by atoms with Crippen LogP contribution in [-0.4, -0.2) is 225 Å². The Hall–Kier alpha value is -3.91. The first-order valence-corrected chi connectivity index (χ1v) is 31.7. The third-order valence-corrected chi connectivity index (χ3v) is 14.3. The largest absolute Gasteiger partial charge is 0.379 e. The number of nitrogens with zero attached hydrogens (tertiary/aromatic N) is 2. The maximum atomic E-state index is 13.5. The molecule has 0 spiro atoms. The second kappa shape index (κ2) is 45.4. The summed E-state index contributed by atoms with van der Waals surface area (Å²) in [6, 6.07) is 0. The molecule has 502 valence electrons. The van der Waals surface area contributed by atoms with Crippen LogP contribution in [0.15, 0.2) is 0 Å². The summed E-state index contributed by atoms with van der Waals surface area (Å²) >= 11 is 0. The first-order valence-electron chi connectivity index (χ1n) is 31.7. The van der Waals surface area contributed by atoms with Gasteiger partial charge in [-0.1, -0.05) is 48.0 Å². The van der Waals surface area contributed by atoms with Crippen molar-refractivity contribution in [3.63, 3.8) is 0 Å². The highest BCUT2D eigenvalue weighted by molar-refractivity contribution is 6.04. The summed E-state index contributed by atoms with van der Waals surface area (Å²) in [5, 5.41) is 11.9. The average molecular weight is 1230 g/mol. The molecule has 23 heteroatoms. The summed E-state index contributed by atoms with van der Waals surface area (Å²) in [5.41, 5.74) is -2.27. The lowest BCUT2D eigenvalue weighted by Crippen LogP contribution is -2.49. The van der Waals surface area contributed by atoms with Gasteiger partial charge >= 0.3 is 0 Å². The summed E-state index contributed by atoms with van der Waals surface area (Å²) in [4.78, 5) is 91.8. The van der Waals surface area contributed by atoms with Crippen molar-refractivity contribution in [1.29, 1.82) is 0 Å². The number of imide groups is 1. The van der Waals surface area contributed by atoms with Crippen molar-refractivity contribution < 1.29 is 80.9 Å². The number of hydrogen-bond acceptors (Lipinski definition) is 17. The monoisotopic (exact) mass is 1230 g/mol. The molecule has 7 amide bonds. The van der Waals surface area contributed by atoms with Gasteiger partial charge in [-0.15, -0.1) is 0 Å². The Morgan fingerprint density at radius 3 is 1.20 bits per heavy atom. The van der Waals surface area contributed by atoms with Crippen molar-refractivity contribution >= 4 is 41.4 Å². The zero-order chi connectivity index (χ0) is 64.4. The molecule has 0 aromatic rings. The van der Waals surface area contributed by atoms with Crippen LogP contribution in [-0.2, 0) is 80.9 Å². The Kier molecular flexibility index (Phi) is 42.2. The van der Waals surface area contributed by atoms with Gasteiger partial charge in [0, 0.05) is 77.2 Å². The van der Waals surface area contributed by atoms with Gasteiger partial charge in [0.2, 0.25) is 41.4 Å². The van der Waals surface area contributed by atoms with E-state index >= 15 is 0 Å². The molecule has 1 unspecified atom stereocenters. The third kappa shape index (κ3) is 42.1. The van der Waals surface area contributed by atoms with Crippen LogP contribution in [0.3, 0.4) is 0 Å². The number of amides is 7. The number of rotatable bonds is 55. The summed E-state index contributed by atoms with van der Waals surface area (Å²) in [6.45, 7) is 35.2. The Morgan fingerprint density at radius 2 is 0.849 bits per heavy atom. The maximum absolute atomic E-state index is 13.5. The van der Waals surface area contributed by atoms with E-state index in [9.17, 15) is 33.6 Å². The van der Waals surface area contributed by atoms with Crippen molar-refractivity contribution in [2.75, 3.05) is 152 Å². The topological polar surface area (TPSA) is 266 Å². The number of ether oxygens (including phenoxy) is 10. The standard InChI is InChI=1S/C63H118N6O17/c1-15-51(6)52-46-58(75)69(59(52)76)27-20-57(74)68(28-32-79-36-40-83-44-42-81-38-34-77-30-21-55(72)66-60(7,8)47-85-62(11,12)23-16-53(70)64-25-18-49(2)3)29-33-80-37-41-84-45-43-82-39-35-78-31-22-56(73)67-61(9,10)48-86-63(13,14)24-17-54(71)65-26-19-50(4)5/h49-52H,15-48H2,1-14H3,(H,64,70)(H,65,71)(H,66,72)(H,67,73)/t51-,52?/m0/s1. The van der Waals surface area contributed by atoms with E-state index in [1.54, 1.807) is 4.90 Å². The highest BCUT2D eigenvalue weighted by Crippen LogP contribution is 2.29. The minimum Gasteiger partial charge on any atom is -0.379 e. The van der Waals surface area contributed by atoms with Gasteiger partial charge in [-0.3, -0.25) is 38.5 Å². The van der Waals surface area contributed by atoms with Crippen LogP contribution >= 0.6 is 0 Å². The summed E-state index contributed by atoms with van der Waals surface area (Å²) < 4.78 is 57.5. The van der Waals surface area contributed by atoms with Crippen LogP contribution < -0.4 is 21.3 Å². The molecule has 23 nitrogen and oxygen atoms in total. The van der Waals surface area contributed by atoms with Crippen LogP contribution in [0.25, 0.3) is 0 Å². The van der Waals surface area contributed by atoms with Gasteiger partial charge in [0.1, 0.15) is 0 Å². The quantitative estimate of drug-likeness (QED) is 0.0414. The predicted octanol–water partition coefficient (Wildman–Crippen LogP) is 5.80. The van der Waals surface area contributed by atoms with Gasteiger partial charge in [-0.05, 0) is 98.8 Å². The van der Waals surface area contributed by atoms with Crippen LogP contribution in [0, 0.1) is 23.7 Å². The van der Waals surface area contributed by atoms with Gasteiger partial charge < -0.3 is 73.5 Å². The van der Waals surface area contributed by atoms with Crippen molar-refractivity contribution in [1.82, 2.24) is 31.1 Å². The fourth-order valence-electron chi connectivity index (χ4n) is 8.46. The lowest BCUT2D eigenvalue weighted by Gasteiger charge is -2.32. The van der Waals surface area contributed by atoms with Gasteiger partial charge in [0.05, 0.1) is 141 Å². The molecule has 1 rings (SSSR count). The van der Waals surface area contributed by atoms with Crippen LogP contribution in [0.2, 0.25) is 0 Å². The smallest absolute Gasteiger partial charge is 0.233 e. The number of nitrogens with one attached hydrogen (secondary N) is 4. The Bertz CT molecular complexity index is 1800. The molecule has 2 atom stereocenters. The molecule has 4 N–H and O–H groups in total. The number of likely N-dealkylation sites (tertiary alicyclic amines) is 1. The SMILES string of the molecule is CC[C@H](C)C1CC(=O)N(CCC(=O)N(CCOCCOCCOCCOCCC(=O)NC(C)(C)COC(C)(C)CCC(=O)NCCC(C)C)CCOCCOCCOCCOCCC(=O)NC(C)(C)COC(C)(C)CCC(=O)NCCC(C)C)C1=O. The highest BCUT2D eigenvalue weighted by Gasteiger charge is 2.41. The fraction of sp³-hybridized carbons (Fsp3) is 0.889. The molecule has 1 aliphatic rings. The van der Waals surface area contributed by atoms with Crippen LogP contribution in [0.4, 0.5) is 0 Å². The number of carbonyl (C=O) groups is 7. The molecule has 0 aromatic heterocycles. The number of hydrogen-bond donors (Lipinski definition) is 4. The van der Waals surface area contributed by atoms with E-state index < -0.39 is 22.3 Å². The Morgan fingerprint density at radius 1 is 0.500 bits per heavy atom. The van der Waals surface area contributed by atoms with Crippen LogP contribution in [0.5, 0.6) is 0 Å². The highest BCUT2D eigenvalue weighted by atomic mass is 16.6. The molecule has 0 aliphatic carbocycles. The van der Waals surface area contributed by atoms with Crippen molar-refractivity contribution in [2.45, 2.75) is 190 Å². The molecule has 0 aromatic carbocycles. The van der Waals surface area contributed by atoms with Crippen molar-refractivity contribution in [3.8, 4) is 0 Å². The molecule has 1 aliphatic heterocycles. The van der Waals surface area contributed by atoms with Gasteiger partial charge in [-0.25, -0.2) is 0 Å². The summed E-state index contributed by atoms with van der Waals surface area (Å²) in [6.07, 6.45) is 5.09. The summed E-state index contributed by atoms with van der Waals surface area (Å²) in [5.74, 6) is -0.168. The maximum Gasteiger partial charge on any atom is 0.233 e. The molecule has 1 saturated heterocycles. The lowest BCUT2D eigenvalue weighted by atomic mass is 9.90. The van der Waals surface area contributed by atoms with E-state index in [1.807, 2.05) is 69.2 Å². The van der Waals surface area contributed by atoms with Gasteiger partial charge in [0.15, 0.2) is 0 Å². The van der Waals surface area contributed by atoms with Gasteiger partial charge in [-0.2, -0.15) is 0 Å². The first kappa shape index (κ1) is 80.1. The minimum atomic E-state index is -0.607. The van der Waals surface area contributed by atoms with Crippen LogP contribution in [0.1, 0.15) is 168 Å². The molecule has 0 saturated carbocycles. The molecule has 0 bridgehead atoms. The van der Waals surface area contributed by atoms with E-state index in [0.29, 0.717) is 143 Å². The molecular formula is C63H118N6O17. The Labute approximate surface area is 516 Å². The molecule has 1 fully saturated rings. The Balaban J connectivity index is 2.30. The lowest BCUT2D eigenvalue weighted by molar-refractivity contribution is -0.141. The van der Waals surface area contributed by atoms with E-state index in [4.69, 9.17) is 47.4 Å². The normalized spacial score (nSPS) is 14.6. The first-order chi connectivity index (χ1) is 40.6. The predicted molar refractivity (Wildman–Crippen MR) is 329 cm³/mol. The third-order valence-electron chi connectivity index (χ3n) is 14.3.